The molecule has 0 atom stereocenters. The molecule has 1 saturated heterocycles. The van der Waals surface area contributed by atoms with E-state index in [0.717, 1.165) is 32.7 Å². The molecule has 1 amide bonds. The van der Waals surface area contributed by atoms with Gasteiger partial charge in [-0.3, -0.25) is 15.0 Å². The fourth-order valence-electron chi connectivity index (χ4n) is 3.26. The van der Waals surface area contributed by atoms with E-state index in [1.165, 1.54) is 5.56 Å². The van der Waals surface area contributed by atoms with Crippen molar-refractivity contribution in [2.45, 2.75) is 0 Å². The molecule has 0 aliphatic carbocycles. The van der Waals surface area contributed by atoms with Crippen molar-refractivity contribution in [2.24, 2.45) is 0 Å². The van der Waals surface area contributed by atoms with Gasteiger partial charge in [-0.15, -0.1) is 0 Å². The summed E-state index contributed by atoms with van der Waals surface area (Å²) in [6.45, 7) is 4.25. The van der Waals surface area contributed by atoms with Crippen LogP contribution in [0.4, 0.5) is 0 Å². The van der Waals surface area contributed by atoms with Gasteiger partial charge < -0.3 is 14.4 Å². The predicted octanol–water partition coefficient (Wildman–Crippen LogP) is 3.05. The van der Waals surface area contributed by atoms with Gasteiger partial charge in [0.05, 0.1) is 14.2 Å². The van der Waals surface area contributed by atoms with E-state index < -0.39 is 0 Å². The summed E-state index contributed by atoms with van der Waals surface area (Å²) in [5, 5.41) is 3.28. The van der Waals surface area contributed by atoms with E-state index >= 15 is 0 Å². The van der Waals surface area contributed by atoms with Crippen molar-refractivity contribution in [3.05, 3.63) is 65.7 Å². The molecule has 1 N–H and O–H groups in total. The number of hydrogen-bond donors (Lipinski definition) is 1. The zero-order valence-electron chi connectivity index (χ0n) is 17.3. The minimum Gasteiger partial charge on any atom is -0.493 e. The minimum absolute atomic E-state index is 0.255. The van der Waals surface area contributed by atoms with Crippen molar-refractivity contribution < 1.29 is 14.3 Å². The number of piperazine rings is 1. The second kappa shape index (κ2) is 10.8. The molecule has 2 aromatic rings. The fraction of sp³-hybridized carbons (Fsp3) is 0.304. The molecule has 1 heterocycles. The van der Waals surface area contributed by atoms with Gasteiger partial charge in [0.25, 0.3) is 5.91 Å². The number of hydrogen-bond acceptors (Lipinski definition) is 5. The van der Waals surface area contributed by atoms with Gasteiger partial charge in [-0.2, -0.15) is 0 Å². The van der Waals surface area contributed by atoms with Crippen molar-refractivity contribution in [1.29, 1.82) is 0 Å². The van der Waals surface area contributed by atoms with Crippen LogP contribution in [0.2, 0.25) is 0 Å². The summed E-state index contributed by atoms with van der Waals surface area (Å²) >= 11 is 5.46. The Morgan fingerprint density at radius 2 is 1.73 bits per heavy atom. The van der Waals surface area contributed by atoms with Gasteiger partial charge in [0, 0.05) is 38.3 Å². The highest BCUT2D eigenvalue weighted by atomic mass is 32.1. The Morgan fingerprint density at radius 3 is 2.40 bits per heavy atom. The summed E-state index contributed by atoms with van der Waals surface area (Å²) in [6.07, 6.45) is 4.32. The summed E-state index contributed by atoms with van der Waals surface area (Å²) in [4.78, 5) is 17.0. The molecule has 0 saturated carbocycles. The molecule has 0 radical (unpaired) electrons. The van der Waals surface area contributed by atoms with E-state index in [9.17, 15) is 4.79 Å². The van der Waals surface area contributed by atoms with Crippen molar-refractivity contribution in [3.8, 4) is 11.5 Å². The molecule has 0 bridgehead atoms. The van der Waals surface area contributed by atoms with Crippen LogP contribution >= 0.6 is 12.2 Å². The average Bonchev–Trinajstić information content (AvgIpc) is 2.79. The number of nitrogens with zero attached hydrogens (tertiary/aromatic N) is 2. The van der Waals surface area contributed by atoms with Crippen LogP contribution in [0.15, 0.2) is 54.6 Å². The average molecular weight is 426 g/mol. The quantitative estimate of drug-likeness (QED) is 0.718. The van der Waals surface area contributed by atoms with Crippen molar-refractivity contribution in [3.63, 3.8) is 0 Å². The second-order valence-corrected chi connectivity index (χ2v) is 7.32. The maximum atomic E-state index is 12.6. The lowest BCUT2D eigenvalue weighted by atomic mass is 10.2. The first-order chi connectivity index (χ1) is 14.6. The smallest absolute Gasteiger partial charge is 0.257 e. The van der Waals surface area contributed by atoms with Crippen LogP contribution in [0, 0.1) is 0 Å². The van der Waals surface area contributed by atoms with Crippen molar-refractivity contribution in [2.75, 3.05) is 46.9 Å². The highest BCUT2D eigenvalue weighted by molar-refractivity contribution is 7.80. The fourth-order valence-corrected chi connectivity index (χ4v) is 3.54. The van der Waals surface area contributed by atoms with E-state index in [1.807, 2.05) is 23.1 Å². The molecule has 1 aliphatic heterocycles. The second-order valence-electron chi connectivity index (χ2n) is 6.93. The molecule has 30 heavy (non-hydrogen) atoms. The molecule has 6 nitrogen and oxygen atoms in total. The van der Waals surface area contributed by atoms with E-state index in [-0.39, 0.29) is 5.91 Å². The number of amides is 1. The van der Waals surface area contributed by atoms with Crippen molar-refractivity contribution >= 4 is 29.3 Å². The van der Waals surface area contributed by atoms with Gasteiger partial charge in [0.1, 0.15) is 0 Å². The largest absolute Gasteiger partial charge is 0.493 e. The summed E-state index contributed by atoms with van der Waals surface area (Å²) < 4.78 is 10.5. The molecular weight excluding hydrogens is 398 g/mol. The van der Waals surface area contributed by atoms with Crippen LogP contribution < -0.4 is 14.8 Å². The van der Waals surface area contributed by atoms with Gasteiger partial charge in [0.15, 0.2) is 16.6 Å². The van der Waals surface area contributed by atoms with Crippen LogP contribution in [0.25, 0.3) is 6.08 Å². The van der Waals surface area contributed by atoms with E-state index in [0.29, 0.717) is 22.2 Å². The molecule has 7 heteroatoms. The van der Waals surface area contributed by atoms with Gasteiger partial charge in [-0.25, -0.2) is 0 Å². The standard InChI is InChI=1S/C23H27N3O3S/c1-28-20-11-10-19(17-21(20)29-2)22(27)24-23(30)26-15-13-25(14-16-26)12-6-9-18-7-4-3-5-8-18/h3-11,17H,12-16H2,1-2H3,(H,24,27,30)/b9-6+. The number of carbonyl (C=O) groups excluding carboxylic acids is 1. The zero-order chi connectivity index (χ0) is 21.3. The lowest BCUT2D eigenvalue weighted by Crippen LogP contribution is -2.52. The molecule has 2 aromatic carbocycles. The summed E-state index contributed by atoms with van der Waals surface area (Å²) in [6, 6.07) is 15.3. The van der Waals surface area contributed by atoms with Crippen LogP contribution in [0.1, 0.15) is 15.9 Å². The maximum absolute atomic E-state index is 12.6. The number of benzene rings is 2. The Balaban J connectivity index is 1.47. The third-order valence-corrected chi connectivity index (χ3v) is 5.36. The number of ether oxygens (including phenoxy) is 2. The number of nitrogens with one attached hydrogen (secondary N) is 1. The topological polar surface area (TPSA) is 54.0 Å². The Bertz CT molecular complexity index is 894. The predicted molar refractivity (Wildman–Crippen MR) is 123 cm³/mol. The molecule has 158 valence electrons. The summed E-state index contributed by atoms with van der Waals surface area (Å²) in [5.41, 5.74) is 1.68. The highest BCUT2D eigenvalue weighted by Gasteiger charge is 2.20. The normalized spacial score (nSPS) is 14.5. The highest BCUT2D eigenvalue weighted by Crippen LogP contribution is 2.27. The van der Waals surface area contributed by atoms with Gasteiger partial charge >= 0.3 is 0 Å². The number of methoxy groups -OCH3 is 2. The molecule has 0 aromatic heterocycles. The Hall–Kier alpha value is -2.90. The number of rotatable bonds is 6. The van der Waals surface area contributed by atoms with Crippen LogP contribution in [0.5, 0.6) is 11.5 Å². The lowest BCUT2D eigenvalue weighted by molar-refractivity contribution is 0.0969. The lowest BCUT2D eigenvalue weighted by Gasteiger charge is -2.35. The summed E-state index contributed by atoms with van der Waals surface area (Å²) in [5.74, 6) is 0.830. The van der Waals surface area contributed by atoms with Crippen molar-refractivity contribution in [1.82, 2.24) is 15.1 Å². The molecule has 1 aliphatic rings. The monoisotopic (exact) mass is 425 g/mol. The van der Waals surface area contributed by atoms with E-state index in [2.05, 4.69) is 34.5 Å². The molecule has 0 spiro atoms. The number of thiocarbonyl (C=S) groups is 1. The van der Waals surface area contributed by atoms with E-state index in [4.69, 9.17) is 21.7 Å². The van der Waals surface area contributed by atoms with Gasteiger partial charge in [-0.1, -0.05) is 42.5 Å². The van der Waals surface area contributed by atoms with E-state index in [1.54, 1.807) is 32.4 Å². The molecule has 0 unspecified atom stereocenters. The number of carbonyl (C=O) groups is 1. The van der Waals surface area contributed by atoms with Gasteiger partial charge in [-0.05, 0) is 36.0 Å². The first-order valence-corrected chi connectivity index (χ1v) is 10.3. The van der Waals surface area contributed by atoms with Gasteiger partial charge in [0.2, 0.25) is 0 Å². The molecule has 1 fully saturated rings. The third kappa shape index (κ3) is 5.81. The first-order valence-electron chi connectivity index (χ1n) is 9.87. The Kier molecular flexibility index (Phi) is 7.82. The van der Waals surface area contributed by atoms with Crippen LogP contribution in [-0.4, -0.2) is 67.8 Å². The first kappa shape index (κ1) is 21.8. The minimum atomic E-state index is -0.255. The molecule has 3 rings (SSSR count). The SMILES string of the molecule is COc1ccc(C(=O)NC(=S)N2CCN(C/C=C/c3ccccc3)CC2)cc1OC. The maximum Gasteiger partial charge on any atom is 0.257 e. The summed E-state index contributed by atoms with van der Waals surface area (Å²) in [7, 11) is 3.10. The van der Waals surface area contributed by atoms with Crippen LogP contribution in [0.3, 0.4) is 0 Å². The Morgan fingerprint density at radius 1 is 1.03 bits per heavy atom. The molecular formula is C23H27N3O3S. The Labute approximate surface area is 183 Å². The third-order valence-electron chi connectivity index (χ3n) is 5.00. The van der Waals surface area contributed by atoms with Crippen LogP contribution in [-0.2, 0) is 0 Å². The zero-order valence-corrected chi connectivity index (χ0v) is 18.2.